The number of halogens is 4. The van der Waals surface area contributed by atoms with Crippen LogP contribution in [0.4, 0.5) is 33.7 Å². The smallest absolute Gasteiger partial charge is 0.375 e. The van der Waals surface area contributed by atoms with Gasteiger partial charge < -0.3 is 15.4 Å². The average molecular weight is 398 g/mol. The first-order chi connectivity index (χ1) is 13.2. The minimum Gasteiger partial charge on any atom is -0.375 e. The molecule has 3 aromatic heterocycles. The van der Waals surface area contributed by atoms with Gasteiger partial charge in [-0.05, 0) is 13.0 Å². The zero-order valence-electron chi connectivity index (χ0n) is 14.6. The Morgan fingerprint density at radius 2 is 1.96 bits per heavy atom. The van der Waals surface area contributed by atoms with E-state index in [1.54, 1.807) is 6.92 Å². The summed E-state index contributed by atoms with van der Waals surface area (Å²) in [4.78, 5) is 19.7. The number of amides is 2. The third-order valence-corrected chi connectivity index (χ3v) is 3.80. The Balaban J connectivity index is 1.87. The second-order valence-corrected chi connectivity index (χ2v) is 5.71. The Morgan fingerprint density at radius 1 is 1.21 bits per heavy atom. The third kappa shape index (κ3) is 4.01. The van der Waals surface area contributed by atoms with Gasteiger partial charge in [0.2, 0.25) is 5.95 Å². The highest BCUT2D eigenvalue weighted by molar-refractivity contribution is 6.00. The summed E-state index contributed by atoms with van der Waals surface area (Å²) in [5.74, 6) is -0.770. The number of ether oxygens (including phenoxy) is 1. The molecule has 0 spiro atoms. The van der Waals surface area contributed by atoms with Crippen molar-refractivity contribution in [2.75, 3.05) is 17.7 Å². The summed E-state index contributed by atoms with van der Waals surface area (Å²) < 4.78 is 58.1. The van der Waals surface area contributed by atoms with Crippen LogP contribution < -0.4 is 10.6 Å². The average Bonchev–Trinajstić information content (AvgIpc) is 3.00. The number of fused-ring (bicyclic) bond motifs is 1. The molecule has 0 fully saturated rings. The van der Waals surface area contributed by atoms with Gasteiger partial charge in [0, 0.05) is 19.4 Å². The molecular formula is C16H14F4N6O2. The third-order valence-electron chi connectivity index (χ3n) is 3.80. The van der Waals surface area contributed by atoms with Crippen LogP contribution >= 0.6 is 0 Å². The largest absolute Gasteiger partial charge is 0.417 e. The summed E-state index contributed by atoms with van der Waals surface area (Å²) in [5, 5.41) is 8.38. The first-order valence-electron chi connectivity index (χ1n) is 7.86. The Kier molecular flexibility index (Phi) is 5.14. The lowest BCUT2D eigenvalue weighted by molar-refractivity contribution is -0.137. The van der Waals surface area contributed by atoms with Crippen LogP contribution in [0.3, 0.4) is 0 Å². The van der Waals surface area contributed by atoms with E-state index in [2.05, 4.69) is 25.7 Å². The summed E-state index contributed by atoms with van der Waals surface area (Å²) in [6.45, 7) is 1.65. The zero-order chi connectivity index (χ0) is 20.5. The molecule has 0 radical (unpaired) electrons. The quantitative estimate of drug-likeness (QED) is 0.655. The van der Waals surface area contributed by atoms with Crippen LogP contribution in [-0.4, -0.2) is 32.7 Å². The Bertz CT molecular complexity index is 1020. The normalized spacial score (nSPS) is 12.8. The van der Waals surface area contributed by atoms with E-state index in [-0.39, 0.29) is 17.0 Å². The standard InChI is InChI=1S/C16H14F4N6O2/c1-8(28-2)14-11(7-22-13-4-12(17)25-26(13)14)24-15(27)23-10-3-9(5-21-6-10)16(18,19)20/h3-8H,1-2H3,(H2,23,24,27). The maximum Gasteiger partial charge on any atom is 0.417 e. The molecule has 0 saturated carbocycles. The van der Waals surface area contributed by atoms with E-state index in [0.717, 1.165) is 18.3 Å². The second kappa shape index (κ2) is 7.38. The van der Waals surface area contributed by atoms with Crippen molar-refractivity contribution in [1.29, 1.82) is 0 Å². The molecule has 0 aliphatic rings. The maximum atomic E-state index is 13.5. The van der Waals surface area contributed by atoms with Gasteiger partial charge in [0.05, 0.1) is 41.1 Å². The van der Waals surface area contributed by atoms with Crippen molar-refractivity contribution in [1.82, 2.24) is 19.6 Å². The SMILES string of the molecule is COC(C)c1c(NC(=O)Nc2cncc(C(F)(F)F)c2)cnc2cc(F)nn12. The maximum absolute atomic E-state index is 13.5. The molecule has 2 N–H and O–H groups in total. The van der Waals surface area contributed by atoms with Crippen molar-refractivity contribution in [2.24, 2.45) is 0 Å². The van der Waals surface area contributed by atoms with E-state index >= 15 is 0 Å². The topological polar surface area (TPSA) is 93.4 Å². The number of anilines is 2. The number of urea groups is 1. The second-order valence-electron chi connectivity index (χ2n) is 5.71. The fraction of sp³-hybridized carbons (Fsp3) is 0.250. The molecule has 3 heterocycles. The zero-order valence-corrected chi connectivity index (χ0v) is 14.6. The van der Waals surface area contributed by atoms with Crippen molar-refractivity contribution in [3.8, 4) is 0 Å². The summed E-state index contributed by atoms with van der Waals surface area (Å²) in [7, 11) is 1.41. The molecule has 2 amide bonds. The van der Waals surface area contributed by atoms with E-state index in [1.807, 2.05) is 0 Å². The number of alkyl halides is 3. The monoisotopic (exact) mass is 398 g/mol. The van der Waals surface area contributed by atoms with Crippen LogP contribution in [-0.2, 0) is 10.9 Å². The molecule has 0 aliphatic heterocycles. The predicted octanol–water partition coefficient (Wildman–Crippen LogP) is 3.63. The lowest BCUT2D eigenvalue weighted by Crippen LogP contribution is -2.22. The number of rotatable bonds is 4. The number of pyridine rings is 1. The van der Waals surface area contributed by atoms with Crippen molar-refractivity contribution in [3.63, 3.8) is 0 Å². The molecule has 1 unspecified atom stereocenters. The van der Waals surface area contributed by atoms with E-state index < -0.39 is 29.8 Å². The minimum atomic E-state index is -4.60. The van der Waals surface area contributed by atoms with Crippen LogP contribution in [0, 0.1) is 5.95 Å². The molecule has 12 heteroatoms. The summed E-state index contributed by atoms with van der Waals surface area (Å²) in [5.41, 5.74) is -0.525. The fourth-order valence-corrected chi connectivity index (χ4v) is 2.47. The fourth-order valence-electron chi connectivity index (χ4n) is 2.47. The lowest BCUT2D eigenvalue weighted by atomic mass is 10.2. The van der Waals surface area contributed by atoms with Gasteiger partial charge in [-0.1, -0.05) is 0 Å². The summed E-state index contributed by atoms with van der Waals surface area (Å²) >= 11 is 0. The van der Waals surface area contributed by atoms with Gasteiger partial charge in [0.25, 0.3) is 0 Å². The van der Waals surface area contributed by atoms with Crippen molar-refractivity contribution in [2.45, 2.75) is 19.2 Å². The van der Waals surface area contributed by atoms with Crippen LogP contribution in [0.2, 0.25) is 0 Å². The van der Waals surface area contributed by atoms with Gasteiger partial charge in [-0.25, -0.2) is 14.3 Å². The minimum absolute atomic E-state index is 0.141. The summed E-state index contributed by atoms with van der Waals surface area (Å²) in [6.07, 6.45) is -2.22. The van der Waals surface area contributed by atoms with E-state index in [1.165, 1.54) is 17.8 Å². The number of aromatic nitrogens is 4. The molecule has 3 aromatic rings. The predicted molar refractivity (Wildman–Crippen MR) is 90.2 cm³/mol. The van der Waals surface area contributed by atoms with Crippen LogP contribution in [0.25, 0.3) is 5.65 Å². The van der Waals surface area contributed by atoms with Gasteiger partial charge in [0.15, 0.2) is 5.65 Å². The van der Waals surface area contributed by atoms with Crippen molar-refractivity contribution in [3.05, 3.63) is 47.9 Å². The van der Waals surface area contributed by atoms with Crippen LogP contribution in [0.5, 0.6) is 0 Å². The molecule has 1 atom stereocenters. The number of carbonyl (C=O) groups excluding carboxylic acids is 1. The number of nitrogens with zero attached hydrogens (tertiary/aromatic N) is 4. The Labute approximate surface area is 155 Å². The molecule has 0 saturated heterocycles. The molecule has 8 nitrogen and oxygen atoms in total. The Morgan fingerprint density at radius 3 is 2.64 bits per heavy atom. The van der Waals surface area contributed by atoms with Crippen molar-refractivity contribution < 1.29 is 27.1 Å². The molecule has 0 aromatic carbocycles. The highest BCUT2D eigenvalue weighted by Gasteiger charge is 2.31. The van der Waals surface area contributed by atoms with Gasteiger partial charge in [-0.3, -0.25) is 4.98 Å². The highest BCUT2D eigenvalue weighted by atomic mass is 19.4. The molecule has 0 bridgehead atoms. The van der Waals surface area contributed by atoms with Gasteiger partial charge in [-0.15, -0.1) is 5.10 Å². The van der Waals surface area contributed by atoms with Gasteiger partial charge in [0.1, 0.15) is 0 Å². The van der Waals surface area contributed by atoms with E-state index in [4.69, 9.17) is 4.74 Å². The van der Waals surface area contributed by atoms with E-state index in [0.29, 0.717) is 11.9 Å². The molecule has 0 aliphatic carbocycles. The lowest BCUT2D eigenvalue weighted by Gasteiger charge is -2.17. The van der Waals surface area contributed by atoms with Crippen LogP contribution in [0.15, 0.2) is 30.7 Å². The molecule has 28 heavy (non-hydrogen) atoms. The number of hydrogen-bond donors (Lipinski definition) is 2. The summed E-state index contributed by atoms with van der Waals surface area (Å²) in [6, 6.07) is 0.999. The molecular weight excluding hydrogens is 384 g/mol. The highest BCUT2D eigenvalue weighted by Crippen LogP contribution is 2.30. The number of carbonyl (C=O) groups is 1. The van der Waals surface area contributed by atoms with Gasteiger partial charge >= 0.3 is 12.2 Å². The number of hydrogen-bond acceptors (Lipinski definition) is 5. The first kappa shape index (κ1) is 19.5. The number of methoxy groups -OCH3 is 1. The number of nitrogens with one attached hydrogen (secondary N) is 2. The van der Waals surface area contributed by atoms with Crippen LogP contribution in [0.1, 0.15) is 24.3 Å². The molecule has 3 rings (SSSR count). The molecule has 148 valence electrons. The Hall–Kier alpha value is -3.28. The first-order valence-corrected chi connectivity index (χ1v) is 7.86. The van der Waals surface area contributed by atoms with Gasteiger partial charge in [-0.2, -0.15) is 17.6 Å². The van der Waals surface area contributed by atoms with Crippen molar-refractivity contribution >= 4 is 23.1 Å². The van der Waals surface area contributed by atoms with E-state index in [9.17, 15) is 22.4 Å².